The van der Waals surface area contributed by atoms with Gasteiger partial charge in [-0.3, -0.25) is 4.79 Å². The molecule has 0 aliphatic carbocycles. The normalized spacial score (nSPS) is 11.6. The lowest BCUT2D eigenvalue weighted by Gasteiger charge is -2.06. The Morgan fingerprint density at radius 3 is 2.74 bits per heavy atom. The van der Waals surface area contributed by atoms with Gasteiger partial charge in [0, 0.05) is 10.6 Å². The van der Waals surface area contributed by atoms with Crippen LogP contribution in [-0.4, -0.2) is 36.9 Å². The molecule has 158 valence electrons. The molecule has 3 aromatic heterocycles. The molecule has 0 saturated carbocycles. The minimum absolute atomic E-state index is 0.0325. The van der Waals surface area contributed by atoms with E-state index in [0.717, 1.165) is 10.5 Å². The molecule has 3 N–H and O–H groups in total. The Hall–Kier alpha value is -3.93. The third kappa shape index (κ3) is 4.48. The van der Waals surface area contributed by atoms with E-state index in [0.29, 0.717) is 22.9 Å². The summed E-state index contributed by atoms with van der Waals surface area (Å²) in [4.78, 5) is 13.8. The summed E-state index contributed by atoms with van der Waals surface area (Å²) < 4.78 is 11.3. The van der Waals surface area contributed by atoms with Crippen molar-refractivity contribution in [2.75, 3.05) is 5.73 Å². The Kier molecular flexibility index (Phi) is 5.80. The summed E-state index contributed by atoms with van der Waals surface area (Å²) in [6, 6.07) is 11.5. The van der Waals surface area contributed by atoms with E-state index >= 15 is 0 Å². The second-order valence-corrected chi connectivity index (χ2v) is 7.54. The number of nitrogens with one attached hydrogen (secondary N) is 1. The van der Waals surface area contributed by atoms with Crippen molar-refractivity contribution in [1.29, 1.82) is 0 Å². The number of carbonyl (C=O) groups is 1. The fourth-order valence-electron chi connectivity index (χ4n) is 2.63. The van der Waals surface area contributed by atoms with Crippen LogP contribution in [0, 0.1) is 6.92 Å². The van der Waals surface area contributed by atoms with Crippen LogP contribution < -0.4 is 11.2 Å². The lowest BCUT2D eigenvalue weighted by atomic mass is 10.2. The number of hydrogen-bond acceptors (Lipinski definition) is 10. The number of furan rings is 1. The van der Waals surface area contributed by atoms with Crippen LogP contribution in [0.3, 0.4) is 0 Å². The van der Waals surface area contributed by atoms with E-state index in [1.807, 2.05) is 31.2 Å². The highest BCUT2D eigenvalue weighted by Crippen LogP contribution is 2.26. The van der Waals surface area contributed by atoms with Crippen molar-refractivity contribution in [3.63, 3.8) is 0 Å². The maximum atomic E-state index is 12.8. The van der Waals surface area contributed by atoms with Crippen molar-refractivity contribution in [3.05, 3.63) is 65.4 Å². The molecular formula is C19H18N8O3S. The van der Waals surface area contributed by atoms with Crippen LogP contribution in [0.2, 0.25) is 0 Å². The number of benzene rings is 1. The molecule has 0 unspecified atom stereocenters. The summed E-state index contributed by atoms with van der Waals surface area (Å²) >= 11 is 1.51. The molecule has 0 radical (unpaired) electrons. The molecule has 0 aliphatic rings. The van der Waals surface area contributed by atoms with Gasteiger partial charge >= 0.3 is 0 Å². The summed E-state index contributed by atoms with van der Waals surface area (Å²) in [6.07, 6.45) is 1.53. The third-order valence-electron chi connectivity index (χ3n) is 4.27. The first kappa shape index (κ1) is 20.3. The molecule has 0 saturated heterocycles. The van der Waals surface area contributed by atoms with Crippen LogP contribution in [0.1, 0.15) is 34.4 Å². The fraction of sp³-hybridized carbons (Fsp3) is 0.158. The number of thioether (sulfide) groups is 1. The highest BCUT2D eigenvalue weighted by Gasteiger charge is 2.24. The van der Waals surface area contributed by atoms with Gasteiger partial charge in [0.25, 0.3) is 5.91 Å². The van der Waals surface area contributed by atoms with E-state index in [9.17, 15) is 4.79 Å². The second kappa shape index (κ2) is 8.83. The number of aromatic nitrogens is 5. The predicted octanol–water partition coefficient (Wildman–Crippen LogP) is 2.58. The van der Waals surface area contributed by atoms with Gasteiger partial charge in [0.05, 0.1) is 12.0 Å². The van der Waals surface area contributed by atoms with Gasteiger partial charge in [-0.15, -0.1) is 16.9 Å². The van der Waals surface area contributed by atoms with Gasteiger partial charge in [-0.1, -0.05) is 22.9 Å². The smallest absolute Gasteiger partial charge is 0.293 e. The van der Waals surface area contributed by atoms with Crippen LogP contribution in [0.5, 0.6) is 0 Å². The Morgan fingerprint density at radius 1 is 1.26 bits per heavy atom. The average Bonchev–Trinajstić information content (AvgIpc) is 3.52. The molecule has 0 aliphatic heterocycles. The zero-order valence-electron chi connectivity index (χ0n) is 16.6. The monoisotopic (exact) mass is 438 g/mol. The molecule has 12 heteroatoms. The van der Waals surface area contributed by atoms with Gasteiger partial charge in [-0.05, 0) is 48.4 Å². The molecule has 0 atom stereocenters. The van der Waals surface area contributed by atoms with Crippen molar-refractivity contribution in [2.24, 2.45) is 5.10 Å². The van der Waals surface area contributed by atoms with Gasteiger partial charge in [0.15, 0.2) is 5.69 Å². The number of aryl methyl sites for hydroxylation is 1. The maximum Gasteiger partial charge on any atom is 0.293 e. The lowest BCUT2D eigenvalue weighted by molar-refractivity contribution is 0.0949. The molecule has 4 rings (SSSR count). The molecule has 1 amide bonds. The number of amides is 1. The minimum atomic E-state index is -0.535. The van der Waals surface area contributed by atoms with E-state index in [1.54, 1.807) is 19.1 Å². The van der Waals surface area contributed by atoms with Crippen LogP contribution in [0.4, 0.5) is 5.82 Å². The first-order chi connectivity index (χ1) is 15.0. The zero-order valence-corrected chi connectivity index (χ0v) is 17.5. The van der Waals surface area contributed by atoms with Gasteiger partial charge in [0.2, 0.25) is 11.6 Å². The van der Waals surface area contributed by atoms with Crippen molar-refractivity contribution in [1.82, 2.24) is 30.7 Å². The van der Waals surface area contributed by atoms with E-state index in [4.69, 9.17) is 10.2 Å². The largest absolute Gasteiger partial charge is 0.463 e. The van der Waals surface area contributed by atoms with Gasteiger partial charge in [-0.2, -0.15) is 9.78 Å². The molecule has 11 nitrogen and oxygen atoms in total. The standard InChI is InChI=1S/C19H18N8O3S/c1-11-5-7-13(8-6-11)31-10-14-16(22-26-27(14)18-17(20)24-30-25-18)19(28)23-21-12(2)15-4-3-9-29-15/h3-9H,10H2,1-2H3,(H2,20,24)(H,23,28)/b21-12+. The Bertz CT molecular complexity index is 1210. The van der Waals surface area contributed by atoms with Crippen molar-refractivity contribution in [2.45, 2.75) is 24.5 Å². The molecule has 4 aromatic rings. The molecule has 3 heterocycles. The number of carbonyl (C=O) groups excluding carboxylic acids is 1. The predicted molar refractivity (Wildman–Crippen MR) is 113 cm³/mol. The molecule has 0 fully saturated rings. The molecule has 1 aromatic carbocycles. The van der Waals surface area contributed by atoms with E-state index in [2.05, 4.69) is 35.8 Å². The quantitative estimate of drug-likeness (QED) is 0.252. The third-order valence-corrected chi connectivity index (χ3v) is 5.30. The number of nitrogens with zero attached hydrogens (tertiary/aromatic N) is 6. The summed E-state index contributed by atoms with van der Waals surface area (Å²) in [5.74, 6) is 0.560. The summed E-state index contributed by atoms with van der Waals surface area (Å²) in [7, 11) is 0. The highest BCUT2D eigenvalue weighted by molar-refractivity contribution is 7.98. The summed E-state index contributed by atoms with van der Waals surface area (Å²) in [6.45, 7) is 3.73. The van der Waals surface area contributed by atoms with Crippen molar-refractivity contribution >= 4 is 29.2 Å². The number of hydrazone groups is 1. The Morgan fingerprint density at radius 2 is 2.06 bits per heavy atom. The molecule has 0 spiro atoms. The molecular weight excluding hydrogens is 420 g/mol. The number of nitrogen functional groups attached to an aromatic ring is 1. The molecule has 0 bridgehead atoms. The Labute approximate surface area is 180 Å². The van der Waals surface area contributed by atoms with Gasteiger partial charge in [-0.25, -0.2) is 10.1 Å². The lowest BCUT2D eigenvalue weighted by Crippen LogP contribution is -2.21. The SMILES string of the molecule is C/C(=N\NC(=O)c1nnn(-c2nonc2N)c1CSc1ccc(C)cc1)c1ccco1. The van der Waals surface area contributed by atoms with Crippen molar-refractivity contribution in [3.8, 4) is 5.82 Å². The number of rotatable bonds is 7. The van der Waals surface area contributed by atoms with E-state index < -0.39 is 5.91 Å². The second-order valence-electron chi connectivity index (χ2n) is 6.49. The van der Waals surface area contributed by atoms with Gasteiger partial charge in [0.1, 0.15) is 11.5 Å². The van der Waals surface area contributed by atoms with Crippen molar-refractivity contribution < 1.29 is 13.8 Å². The van der Waals surface area contributed by atoms with E-state index in [-0.39, 0.29) is 17.3 Å². The highest BCUT2D eigenvalue weighted by atomic mass is 32.2. The Balaban J connectivity index is 1.61. The number of nitrogens with two attached hydrogens (primary N) is 1. The summed E-state index contributed by atoms with van der Waals surface area (Å²) in [5.41, 5.74) is 10.5. The zero-order chi connectivity index (χ0) is 21.8. The first-order valence-corrected chi connectivity index (χ1v) is 10.1. The van der Waals surface area contributed by atoms with Crippen LogP contribution in [0.25, 0.3) is 5.82 Å². The summed E-state index contributed by atoms with van der Waals surface area (Å²) in [5, 5.41) is 19.4. The van der Waals surface area contributed by atoms with Crippen LogP contribution in [-0.2, 0) is 5.75 Å². The minimum Gasteiger partial charge on any atom is -0.463 e. The topological polar surface area (TPSA) is 150 Å². The average molecular weight is 438 g/mol. The fourth-order valence-corrected chi connectivity index (χ4v) is 3.52. The number of anilines is 1. The van der Waals surface area contributed by atoms with Gasteiger partial charge < -0.3 is 10.2 Å². The van der Waals surface area contributed by atoms with Crippen LogP contribution >= 0.6 is 11.8 Å². The van der Waals surface area contributed by atoms with E-state index in [1.165, 1.54) is 22.7 Å². The molecule has 31 heavy (non-hydrogen) atoms. The maximum absolute atomic E-state index is 12.8. The first-order valence-electron chi connectivity index (χ1n) is 9.14. The number of hydrogen-bond donors (Lipinski definition) is 2. The van der Waals surface area contributed by atoms with Crippen LogP contribution in [0.15, 0.2) is 61.7 Å².